The largest absolute Gasteiger partial charge is 0.347 e. The molecule has 26 heavy (non-hydrogen) atoms. The van der Waals surface area contributed by atoms with Crippen molar-refractivity contribution in [1.82, 2.24) is 15.3 Å². The van der Waals surface area contributed by atoms with Gasteiger partial charge in [0.15, 0.2) is 0 Å². The molecule has 0 spiro atoms. The van der Waals surface area contributed by atoms with Crippen molar-refractivity contribution in [3.63, 3.8) is 0 Å². The molecule has 0 unspecified atom stereocenters. The molecule has 3 aromatic rings. The molecular weight excluding hydrogens is 326 g/mol. The summed E-state index contributed by atoms with van der Waals surface area (Å²) in [7, 11) is 0. The number of hydrogen-bond donors (Lipinski definition) is 2. The van der Waals surface area contributed by atoms with Gasteiger partial charge in [-0.25, -0.2) is 9.97 Å². The Morgan fingerprint density at radius 3 is 2.62 bits per heavy atom. The van der Waals surface area contributed by atoms with E-state index in [2.05, 4.69) is 26.7 Å². The summed E-state index contributed by atoms with van der Waals surface area (Å²) in [4.78, 5) is 20.5. The van der Waals surface area contributed by atoms with E-state index in [9.17, 15) is 4.79 Å². The Morgan fingerprint density at radius 2 is 1.88 bits per heavy atom. The molecule has 6 heteroatoms. The highest BCUT2D eigenvalue weighted by Gasteiger charge is 2.09. The Bertz CT molecular complexity index is 960. The molecule has 0 aliphatic rings. The molecule has 0 saturated carbocycles. The van der Waals surface area contributed by atoms with Crippen LogP contribution >= 0.6 is 0 Å². The minimum absolute atomic E-state index is 0.265. The number of nitrogens with zero attached hydrogens (tertiary/aromatic N) is 3. The number of carbonyl (C=O) groups is 1. The summed E-state index contributed by atoms with van der Waals surface area (Å²) in [5.41, 5.74) is 3.82. The van der Waals surface area contributed by atoms with Crippen molar-refractivity contribution in [2.45, 2.75) is 13.5 Å². The quantitative estimate of drug-likeness (QED) is 0.741. The van der Waals surface area contributed by atoms with Crippen LogP contribution in [0.3, 0.4) is 0 Å². The van der Waals surface area contributed by atoms with Gasteiger partial charge in [-0.2, -0.15) is 5.26 Å². The lowest BCUT2D eigenvalue weighted by Crippen LogP contribution is -2.24. The number of aryl methyl sites for hydroxylation is 1. The number of nitriles is 1. The molecule has 0 aliphatic carbocycles. The third-order valence-corrected chi connectivity index (χ3v) is 3.89. The zero-order valence-corrected chi connectivity index (χ0v) is 14.2. The van der Waals surface area contributed by atoms with Gasteiger partial charge in [0.2, 0.25) is 0 Å². The van der Waals surface area contributed by atoms with E-state index in [0.29, 0.717) is 17.9 Å². The fraction of sp³-hybridized carbons (Fsp3) is 0.100. The Labute approximate surface area is 151 Å². The summed E-state index contributed by atoms with van der Waals surface area (Å²) in [6, 6.07) is 18.5. The molecule has 0 saturated heterocycles. The van der Waals surface area contributed by atoms with Crippen molar-refractivity contribution in [3.8, 4) is 6.07 Å². The molecule has 2 aromatic carbocycles. The summed E-state index contributed by atoms with van der Waals surface area (Å²) in [5, 5.41) is 14.8. The van der Waals surface area contributed by atoms with Crippen molar-refractivity contribution in [2.24, 2.45) is 0 Å². The van der Waals surface area contributed by atoms with Crippen molar-refractivity contribution in [3.05, 3.63) is 83.3 Å². The standard InChI is InChI=1S/C20H17N5O/c1-14-4-2-3-5-16(14)12-22-20(26)18-10-19(24-13-23-18)25-17-8-6-15(11-21)7-9-17/h2-10,13H,12H2,1H3,(H,22,26)(H,23,24,25). The maximum absolute atomic E-state index is 12.4. The lowest BCUT2D eigenvalue weighted by molar-refractivity contribution is 0.0945. The van der Waals surface area contributed by atoms with Crippen LogP contribution < -0.4 is 10.6 Å². The van der Waals surface area contributed by atoms with Gasteiger partial charge in [0, 0.05) is 18.3 Å². The number of nitrogens with one attached hydrogen (secondary N) is 2. The SMILES string of the molecule is Cc1ccccc1CNC(=O)c1cc(Nc2ccc(C#N)cc2)ncn1. The smallest absolute Gasteiger partial charge is 0.270 e. The molecule has 0 atom stereocenters. The summed E-state index contributed by atoms with van der Waals surface area (Å²) in [5.74, 6) is 0.240. The van der Waals surface area contributed by atoms with Crippen LogP contribution in [0.1, 0.15) is 27.2 Å². The van der Waals surface area contributed by atoms with E-state index >= 15 is 0 Å². The molecule has 1 aromatic heterocycles. The monoisotopic (exact) mass is 343 g/mol. The van der Waals surface area contributed by atoms with Crippen LogP contribution in [0.5, 0.6) is 0 Å². The Balaban J connectivity index is 1.67. The van der Waals surface area contributed by atoms with Crippen LogP contribution in [0.15, 0.2) is 60.9 Å². The van der Waals surface area contributed by atoms with Gasteiger partial charge in [0.1, 0.15) is 17.8 Å². The molecule has 1 heterocycles. The molecule has 2 N–H and O–H groups in total. The predicted molar refractivity (Wildman–Crippen MR) is 98.8 cm³/mol. The fourth-order valence-corrected chi connectivity index (χ4v) is 2.40. The summed E-state index contributed by atoms with van der Waals surface area (Å²) in [6.07, 6.45) is 1.34. The Hall–Kier alpha value is -3.72. The molecule has 0 bridgehead atoms. The third-order valence-electron chi connectivity index (χ3n) is 3.89. The molecule has 1 amide bonds. The first-order valence-corrected chi connectivity index (χ1v) is 8.07. The van der Waals surface area contributed by atoms with Crippen LogP contribution in [-0.2, 0) is 6.54 Å². The van der Waals surface area contributed by atoms with Gasteiger partial charge in [0.05, 0.1) is 11.6 Å². The second-order valence-corrected chi connectivity index (χ2v) is 5.71. The average molecular weight is 343 g/mol. The minimum Gasteiger partial charge on any atom is -0.347 e. The first-order chi connectivity index (χ1) is 12.7. The van der Waals surface area contributed by atoms with Gasteiger partial charge in [-0.05, 0) is 42.3 Å². The molecule has 128 valence electrons. The van der Waals surface area contributed by atoms with Gasteiger partial charge in [0.25, 0.3) is 5.91 Å². The predicted octanol–water partition coefficient (Wildman–Crippen LogP) is 3.33. The number of carbonyl (C=O) groups excluding carboxylic acids is 1. The van der Waals surface area contributed by atoms with Crippen molar-refractivity contribution >= 4 is 17.4 Å². The van der Waals surface area contributed by atoms with E-state index in [4.69, 9.17) is 5.26 Å². The molecular formula is C20H17N5O. The van der Waals surface area contributed by atoms with E-state index in [1.807, 2.05) is 31.2 Å². The van der Waals surface area contributed by atoms with Gasteiger partial charge in [-0.1, -0.05) is 24.3 Å². The fourth-order valence-electron chi connectivity index (χ4n) is 2.40. The maximum atomic E-state index is 12.4. The minimum atomic E-state index is -0.265. The number of anilines is 2. The zero-order valence-electron chi connectivity index (χ0n) is 14.2. The molecule has 0 radical (unpaired) electrons. The Morgan fingerprint density at radius 1 is 1.12 bits per heavy atom. The molecule has 6 nitrogen and oxygen atoms in total. The molecule has 0 fully saturated rings. The third kappa shape index (κ3) is 4.22. The highest BCUT2D eigenvalue weighted by molar-refractivity contribution is 5.92. The van der Waals surface area contributed by atoms with E-state index in [0.717, 1.165) is 16.8 Å². The van der Waals surface area contributed by atoms with E-state index in [-0.39, 0.29) is 11.6 Å². The number of benzene rings is 2. The average Bonchev–Trinajstić information content (AvgIpc) is 2.68. The first kappa shape index (κ1) is 17.1. The lowest BCUT2D eigenvalue weighted by atomic mass is 10.1. The first-order valence-electron chi connectivity index (χ1n) is 8.07. The topological polar surface area (TPSA) is 90.7 Å². The van der Waals surface area contributed by atoms with E-state index in [1.54, 1.807) is 30.3 Å². The highest BCUT2D eigenvalue weighted by Crippen LogP contribution is 2.15. The molecule has 3 rings (SSSR count). The number of rotatable bonds is 5. The van der Waals surface area contributed by atoms with Crippen molar-refractivity contribution in [2.75, 3.05) is 5.32 Å². The number of aromatic nitrogens is 2. The lowest BCUT2D eigenvalue weighted by Gasteiger charge is -2.09. The summed E-state index contributed by atoms with van der Waals surface area (Å²) in [6.45, 7) is 2.44. The normalized spacial score (nSPS) is 10.0. The van der Waals surface area contributed by atoms with Crippen LogP contribution in [-0.4, -0.2) is 15.9 Å². The number of amides is 1. The van der Waals surface area contributed by atoms with Gasteiger partial charge in [-0.3, -0.25) is 4.79 Å². The maximum Gasteiger partial charge on any atom is 0.270 e. The zero-order chi connectivity index (χ0) is 18.4. The Kier molecular flexibility index (Phi) is 5.20. The number of hydrogen-bond acceptors (Lipinski definition) is 5. The van der Waals surface area contributed by atoms with Crippen LogP contribution in [0.2, 0.25) is 0 Å². The second-order valence-electron chi connectivity index (χ2n) is 5.71. The van der Waals surface area contributed by atoms with Crippen LogP contribution in [0, 0.1) is 18.3 Å². The van der Waals surface area contributed by atoms with Gasteiger partial charge < -0.3 is 10.6 Å². The van der Waals surface area contributed by atoms with E-state index < -0.39 is 0 Å². The van der Waals surface area contributed by atoms with Crippen LogP contribution in [0.4, 0.5) is 11.5 Å². The highest BCUT2D eigenvalue weighted by atomic mass is 16.1. The van der Waals surface area contributed by atoms with Crippen molar-refractivity contribution in [1.29, 1.82) is 5.26 Å². The summed E-state index contributed by atoms with van der Waals surface area (Å²) >= 11 is 0. The van der Waals surface area contributed by atoms with E-state index in [1.165, 1.54) is 6.33 Å². The second kappa shape index (κ2) is 7.90. The van der Waals surface area contributed by atoms with Crippen molar-refractivity contribution < 1.29 is 4.79 Å². The van der Waals surface area contributed by atoms with Crippen LogP contribution in [0.25, 0.3) is 0 Å². The van der Waals surface area contributed by atoms with Gasteiger partial charge >= 0.3 is 0 Å². The summed E-state index contributed by atoms with van der Waals surface area (Å²) < 4.78 is 0. The van der Waals surface area contributed by atoms with Gasteiger partial charge in [-0.15, -0.1) is 0 Å². The molecule has 0 aliphatic heterocycles.